The Labute approximate surface area is 115 Å². The number of ether oxygens (including phenoxy) is 1. The van der Waals surface area contributed by atoms with E-state index in [-0.39, 0.29) is 17.4 Å². The summed E-state index contributed by atoms with van der Waals surface area (Å²) in [5, 5.41) is 9.65. The highest BCUT2D eigenvalue weighted by atomic mass is 16.5. The van der Waals surface area contributed by atoms with Crippen LogP contribution in [0.2, 0.25) is 0 Å². The largest absolute Gasteiger partial charge is 0.507 e. The molecule has 0 radical (unpaired) electrons. The Bertz CT molecular complexity index is 401. The maximum Gasteiger partial charge on any atom is 0.342 e. The standard InChI is InChI=1S/C16H24O3/c1-4-8-13(11-12(3)5-2)19-16(18)14-9-6-7-10-15(14)17/h6-7,9-10,12-13,17H,4-5,8,11H2,1-3H3. The van der Waals surface area contributed by atoms with E-state index in [4.69, 9.17) is 4.74 Å². The summed E-state index contributed by atoms with van der Waals surface area (Å²) >= 11 is 0. The summed E-state index contributed by atoms with van der Waals surface area (Å²) in [5.41, 5.74) is 0.243. The number of aromatic hydroxyl groups is 1. The Hall–Kier alpha value is -1.51. The van der Waals surface area contributed by atoms with Gasteiger partial charge in [-0.2, -0.15) is 0 Å². The molecule has 0 aliphatic rings. The van der Waals surface area contributed by atoms with Crippen LogP contribution >= 0.6 is 0 Å². The minimum atomic E-state index is -0.431. The maximum atomic E-state index is 12.0. The zero-order valence-corrected chi connectivity index (χ0v) is 12.1. The SMILES string of the molecule is CCCC(CC(C)CC)OC(=O)c1ccccc1O. The number of carbonyl (C=O) groups is 1. The van der Waals surface area contributed by atoms with Crippen molar-refractivity contribution >= 4 is 5.97 Å². The average Bonchev–Trinajstić information content (AvgIpc) is 2.39. The second kappa shape index (κ2) is 7.82. The number of para-hydroxylation sites is 1. The van der Waals surface area contributed by atoms with Crippen molar-refractivity contribution in [2.75, 3.05) is 0 Å². The molecule has 0 amide bonds. The van der Waals surface area contributed by atoms with Crippen LogP contribution in [-0.4, -0.2) is 17.2 Å². The molecular weight excluding hydrogens is 240 g/mol. The molecule has 2 atom stereocenters. The number of rotatable bonds is 7. The summed E-state index contributed by atoms with van der Waals surface area (Å²) in [5.74, 6) is 0.0832. The third-order valence-electron chi connectivity index (χ3n) is 3.37. The first kappa shape index (κ1) is 15.5. The fourth-order valence-corrected chi connectivity index (χ4v) is 2.02. The smallest absolute Gasteiger partial charge is 0.342 e. The van der Waals surface area contributed by atoms with Gasteiger partial charge in [-0.25, -0.2) is 4.79 Å². The van der Waals surface area contributed by atoms with E-state index in [9.17, 15) is 9.90 Å². The highest BCUT2D eigenvalue weighted by Crippen LogP contribution is 2.21. The average molecular weight is 264 g/mol. The molecule has 0 fully saturated rings. The van der Waals surface area contributed by atoms with Crippen molar-refractivity contribution < 1.29 is 14.6 Å². The zero-order chi connectivity index (χ0) is 14.3. The van der Waals surface area contributed by atoms with Gasteiger partial charge in [-0.1, -0.05) is 45.7 Å². The lowest BCUT2D eigenvalue weighted by Crippen LogP contribution is -2.20. The van der Waals surface area contributed by atoms with E-state index in [1.807, 2.05) is 0 Å². The molecule has 0 aromatic heterocycles. The highest BCUT2D eigenvalue weighted by Gasteiger charge is 2.19. The molecule has 1 rings (SSSR count). The van der Waals surface area contributed by atoms with E-state index in [0.717, 1.165) is 25.7 Å². The predicted octanol–water partition coefficient (Wildman–Crippen LogP) is 4.15. The van der Waals surface area contributed by atoms with Gasteiger partial charge in [-0.15, -0.1) is 0 Å². The molecule has 106 valence electrons. The Morgan fingerprint density at radius 3 is 2.58 bits per heavy atom. The molecule has 0 aliphatic heterocycles. The van der Waals surface area contributed by atoms with Crippen LogP contribution in [0.1, 0.15) is 56.8 Å². The molecule has 0 aliphatic carbocycles. The minimum Gasteiger partial charge on any atom is -0.507 e. The number of carbonyl (C=O) groups excluding carboxylic acids is 1. The topological polar surface area (TPSA) is 46.5 Å². The fraction of sp³-hybridized carbons (Fsp3) is 0.562. The van der Waals surface area contributed by atoms with E-state index >= 15 is 0 Å². The van der Waals surface area contributed by atoms with Gasteiger partial charge in [0.2, 0.25) is 0 Å². The monoisotopic (exact) mass is 264 g/mol. The molecule has 1 aromatic carbocycles. The number of hydrogen-bond acceptors (Lipinski definition) is 3. The van der Waals surface area contributed by atoms with E-state index in [0.29, 0.717) is 5.92 Å². The molecule has 0 bridgehead atoms. The molecule has 3 nitrogen and oxygen atoms in total. The molecular formula is C16H24O3. The van der Waals surface area contributed by atoms with Crippen LogP contribution in [0.15, 0.2) is 24.3 Å². The second-order valence-corrected chi connectivity index (χ2v) is 5.08. The summed E-state index contributed by atoms with van der Waals surface area (Å²) in [4.78, 5) is 12.0. The normalized spacial score (nSPS) is 13.8. The van der Waals surface area contributed by atoms with Crippen LogP contribution in [-0.2, 0) is 4.74 Å². The van der Waals surface area contributed by atoms with Gasteiger partial charge >= 0.3 is 5.97 Å². The van der Waals surface area contributed by atoms with Crippen molar-refractivity contribution in [3.05, 3.63) is 29.8 Å². The third kappa shape index (κ3) is 4.93. The molecule has 3 heteroatoms. The molecule has 2 unspecified atom stereocenters. The molecule has 0 spiro atoms. The fourth-order valence-electron chi connectivity index (χ4n) is 2.02. The summed E-state index contributed by atoms with van der Waals surface area (Å²) < 4.78 is 5.53. The molecule has 19 heavy (non-hydrogen) atoms. The highest BCUT2D eigenvalue weighted by molar-refractivity contribution is 5.92. The zero-order valence-electron chi connectivity index (χ0n) is 12.1. The minimum absolute atomic E-state index is 0.0220. The maximum absolute atomic E-state index is 12.0. The van der Waals surface area contributed by atoms with Crippen molar-refractivity contribution in [1.29, 1.82) is 0 Å². The van der Waals surface area contributed by atoms with Gasteiger partial charge in [-0.3, -0.25) is 0 Å². The van der Waals surface area contributed by atoms with Crippen LogP contribution in [0.25, 0.3) is 0 Å². The first-order valence-corrected chi connectivity index (χ1v) is 7.07. The predicted molar refractivity (Wildman–Crippen MR) is 76.3 cm³/mol. The summed E-state index contributed by atoms with van der Waals surface area (Å²) in [6.45, 7) is 6.38. The van der Waals surface area contributed by atoms with Gasteiger partial charge in [-0.05, 0) is 30.9 Å². The molecule has 1 N–H and O–H groups in total. The van der Waals surface area contributed by atoms with Crippen molar-refractivity contribution in [3.8, 4) is 5.75 Å². The molecule has 1 aromatic rings. The molecule has 0 heterocycles. The van der Waals surface area contributed by atoms with E-state index in [1.54, 1.807) is 18.2 Å². The first-order chi connectivity index (χ1) is 9.08. The summed E-state index contributed by atoms with van der Waals surface area (Å²) in [6, 6.07) is 6.50. The van der Waals surface area contributed by atoms with Crippen molar-refractivity contribution in [2.45, 2.75) is 52.6 Å². The van der Waals surface area contributed by atoms with Gasteiger partial charge < -0.3 is 9.84 Å². The van der Waals surface area contributed by atoms with Gasteiger partial charge in [0.1, 0.15) is 17.4 Å². The van der Waals surface area contributed by atoms with E-state index < -0.39 is 5.97 Å². The van der Waals surface area contributed by atoms with E-state index in [2.05, 4.69) is 20.8 Å². The quantitative estimate of drug-likeness (QED) is 0.752. The Kier molecular flexibility index (Phi) is 6.40. The van der Waals surface area contributed by atoms with Crippen LogP contribution < -0.4 is 0 Å². The van der Waals surface area contributed by atoms with Crippen molar-refractivity contribution in [2.24, 2.45) is 5.92 Å². The first-order valence-electron chi connectivity index (χ1n) is 7.07. The summed E-state index contributed by atoms with van der Waals surface area (Å²) in [6.07, 6.45) is 3.74. The van der Waals surface area contributed by atoms with Gasteiger partial charge in [0, 0.05) is 0 Å². The van der Waals surface area contributed by atoms with Crippen LogP contribution in [0.3, 0.4) is 0 Å². The van der Waals surface area contributed by atoms with Crippen LogP contribution in [0.4, 0.5) is 0 Å². The Balaban J connectivity index is 2.68. The lowest BCUT2D eigenvalue weighted by atomic mass is 9.98. The Morgan fingerprint density at radius 1 is 1.32 bits per heavy atom. The number of esters is 1. The van der Waals surface area contributed by atoms with Gasteiger partial charge in [0.05, 0.1) is 0 Å². The number of phenols is 1. The molecule has 0 saturated heterocycles. The Morgan fingerprint density at radius 2 is 2.00 bits per heavy atom. The second-order valence-electron chi connectivity index (χ2n) is 5.08. The van der Waals surface area contributed by atoms with Gasteiger partial charge in [0.25, 0.3) is 0 Å². The summed E-state index contributed by atoms with van der Waals surface area (Å²) in [7, 11) is 0. The number of phenolic OH excluding ortho intramolecular Hbond substituents is 1. The molecule has 0 saturated carbocycles. The lowest BCUT2D eigenvalue weighted by molar-refractivity contribution is 0.0220. The number of hydrogen-bond donors (Lipinski definition) is 1. The van der Waals surface area contributed by atoms with Crippen LogP contribution in [0, 0.1) is 5.92 Å². The number of benzene rings is 1. The lowest BCUT2D eigenvalue weighted by Gasteiger charge is -2.20. The van der Waals surface area contributed by atoms with Crippen LogP contribution in [0.5, 0.6) is 5.75 Å². The third-order valence-corrected chi connectivity index (χ3v) is 3.37. The van der Waals surface area contributed by atoms with Crippen molar-refractivity contribution in [3.63, 3.8) is 0 Å². The van der Waals surface area contributed by atoms with E-state index in [1.165, 1.54) is 6.07 Å². The van der Waals surface area contributed by atoms with Crippen molar-refractivity contribution in [1.82, 2.24) is 0 Å². The van der Waals surface area contributed by atoms with Gasteiger partial charge in [0.15, 0.2) is 0 Å².